The fourth-order valence-electron chi connectivity index (χ4n) is 0.922. The van der Waals surface area contributed by atoms with E-state index >= 15 is 0 Å². The molecule has 1 heterocycles. The van der Waals surface area contributed by atoms with Gasteiger partial charge in [-0.05, 0) is 25.2 Å². The first kappa shape index (κ1) is 8.65. The summed E-state index contributed by atoms with van der Waals surface area (Å²) in [5.74, 6) is 0.816. The highest BCUT2D eigenvalue weighted by Gasteiger charge is 2.27. The molecule has 0 amide bonds. The summed E-state index contributed by atoms with van der Waals surface area (Å²) in [7, 11) is 0. The largest absolute Gasteiger partial charge is 0.443 e. The molecule has 0 bridgehead atoms. The molecule has 0 fully saturated rings. The molecular formula is C8H12O2S. The van der Waals surface area contributed by atoms with E-state index < -0.39 is 0 Å². The van der Waals surface area contributed by atoms with Crippen molar-refractivity contribution in [2.45, 2.75) is 26.2 Å². The van der Waals surface area contributed by atoms with Crippen molar-refractivity contribution in [3.8, 4) is 0 Å². The highest BCUT2D eigenvalue weighted by molar-refractivity contribution is 7.99. The number of cyclic esters (lactones) is 1. The van der Waals surface area contributed by atoms with Crippen LogP contribution in [-0.2, 0) is 9.53 Å². The van der Waals surface area contributed by atoms with Crippen LogP contribution in [-0.4, -0.2) is 17.2 Å². The molecule has 0 radical (unpaired) electrons. The van der Waals surface area contributed by atoms with Gasteiger partial charge in [0.15, 0.2) is 5.44 Å². The normalized spacial score (nSPS) is 24.3. The van der Waals surface area contributed by atoms with Crippen molar-refractivity contribution < 1.29 is 9.53 Å². The van der Waals surface area contributed by atoms with E-state index in [9.17, 15) is 4.79 Å². The average Bonchev–Trinajstić information content (AvgIpc) is 2.19. The number of hydrogen-bond donors (Lipinski definition) is 0. The zero-order valence-corrected chi connectivity index (χ0v) is 7.83. The van der Waals surface area contributed by atoms with Gasteiger partial charge in [-0.25, -0.2) is 4.79 Å². The Morgan fingerprint density at radius 3 is 2.55 bits per heavy atom. The second-order valence-corrected chi connectivity index (χ2v) is 3.84. The van der Waals surface area contributed by atoms with Crippen LogP contribution in [0, 0.1) is 0 Å². The van der Waals surface area contributed by atoms with Crippen molar-refractivity contribution in [2.24, 2.45) is 0 Å². The Kier molecular flexibility index (Phi) is 2.60. The Morgan fingerprint density at radius 1 is 1.55 bits per heavy atom. The maximum absolute atomic E-state index is 11.0. The first-order valence-electron chi connectivity index (χ1n) is 3.66. The minimum absolute atomic E-state index is 0.0208. The van der Waals surface area contributed by atoms with Crippen LogP contribution in [0.4, 0.5) is 0 Å². The van der Waals surface area contributed by atoms with E-state index in [4.69, 9.17) is 4.74 Å². The summed E-state index contributed by atoms with van der Waals surface area (Å²) in [6.07, 6.45) is 0. The van der Waals surface area contributed by atoms with Crippen LogP contribution in [0.3, 0.4) is 0 Å². The highest BCUT2D eigenvalue weighted by Crippen LogP contribution is 2.29. The summed E-state index contributed by atoms with van der Waals surface area (Å²) in [5, 5.41) is 0. The summed E-state index contributed by atoms with van der Waals surface area (Å²) >= 11 is 1.65. The zero-order valence-electron chi connectivity index (χ0n) is 7.01. The number of hydrogen-bond acceptors (Lipinski definition) is 3. The number of carbonyl (C=O) groups is 1. The molecule has 1 aliphatic rings. The number of carbonyl (C=O) groups excluding carboxylic acids is 1. The van der Waals surface area contributed by atoms with E-state index in [2.05, 4.69) is 6.92 Å². The van der Waals surface area contributed by atoms with E-state index in [0.717, 1.165) is 16.9 Å². The van der Waals surface area contributed by atoms with Gasteiger partial charge < -0.3 is 4.74 Å². The smallest absolute Gasteiger partial charge is 0.335 e. The van der Waals surface area contributed by atoms with Gasteiger partial charge in [-0.15, -0.1) is 11.8 Å². The molecule has 1 unspecified atom stereocenters. The number of thioether (sulfide) groups is 1. The average molecular weight is 172 g/mol. The van der Waals surface area contributed by atoms with Crippen molar-refractivity contribution in [3.05, 3.63) is 11.1 Å². The van der Waals surface area contributed by atoms with Crippen LogP contribution in [0.15, 0.2) is 11.1 Å². The Hall–Kier alpha value is -0.440. The maximum Gasteiger partial charge on any atom is 0.335 e. The molecule has 0 N–H and O–H groups in total. The van der Waals surface area contributed by atoms with Gasteiger partial charge in [0, 0.05) is 5.57 Å². The second-order valence-electron chi connectivity index (χ2n) is 2.50. The second kappa shape index (κ2) is 3.30. The molecule has 11 heavy (non-hydrogen) atoms. The predicted molar refractivity (Wildman–Crippen MR) is 46.4 cm³/mol. The lowest BCUT2D eigenvalue weighted by Gasteiger charge is -2.08. The van der Waals surface area contributed by atoms with Crippen molar-refractivity contribution in [3.63, 3.8) is 0 Å². The van der Waals surface area contributed by atoms with Gasteiger partial charge in [-0.1, -0.05) is 6.92 Å². The van der Waals surface area contributed by atoms with E-state index in [1.54, 1.807) is 11.8 Å². The standard InChI is InChI=1S/C8H12O2S/c1-4-11-8-6(3)5(2)7(9)10-8/h8H,4H2,1-3H3. The van der Waals surface area contributed by atoms with Crippen molar-refractivity contribution in [2.75, 3.05) is 5.75 Å². The lowest BCUT2D eigenvalue weighted by Crippen LogP contribution is -2.05. The molecule has 0 aromatic carbocycles. The fraction of sp³-hybridized carbons (Fsp3) is 0.625. The van der Waals surface area contributed by atoms with Gasteiger partial charge >= 0.3 is 5.97 Å². The van der Waals surface area contributed by atoms with E-state index in [-0.39, 0.29) is 11.4 Å². The first-order chi connectivity index (χ1) is 5.16. The summed E-state index contributed by atoms with van der Waals surface area (Å²) in [6, 6.07) is 0. The van der Waals surface area contributed by atoms with Gasteiger partial charge in [0.25, 0.3) is 0 Å². The van der Waals surface area contributed by atoms with Gasteiger partial charge in [0.1, 0.15) is 0 Å². The Labute approximate surface area is 71.0 Å². The van der Waals surface area contributed by atoms with E-state index in [1.807, 2.05) is 13.8 Å². The summed E-state index contributed by atoms with van der Waals surface area (Å²) in [6.45, 7) is 5.82. The summed E-state index contributed by atoms with van der Waals surface area (Å²) in [4.78, 5) is 11.0. The third-order valence-electron chi connectivity index (χ3n) is 1.78. The van der Waals surface area contributed by atoms with Crippen LogP contribution in [0.2, 0.25) is 0 Å². The Morgan fingerprint density at radius 2 is 2.18 bits per heavy atom. The third-order valence-corrected chi connectivity index (χ3v) is 2.87. The molecule has 0 aliphatic carbocycles. The van der Waals surface area contributed by atoms with Crippen LogP contribution in [0.25, 0.3) is 0 Å². The number of rotatable bonds is 2. The van der Waals surface area contributed by atoms with Crippen LogP contribution < -0.4 is 0 Å². The number of esters is 1. The zero-order chi connectivity index (χ0) is 8.43. The van der Waals surface area contributed by atoms with Gasteiger partial charge in [-0.2, -0.15) is 0 Å². The van der Waals surface area contributed by atoms with Gasteiger partial charge in [-0.3, -0.25) is 0 Å². The highest BCUT2D eigenvalue weighted by atomic mass is 32.2. The molecule has 3 heteroatoms. The fourth-order valence-corrected chi connectivity index (χ4v) is 1.81. The molecule has 0 saturated heterocycles. The molecule has 1 aliphatic heterocycles. The van der Waals surface area contributed by atoms with Crippen LogP contribution >= 0.6 is 11.8 Å². The van der Waals surface area contributed by atoms with E-state index in [0.29, 0.717) is 0 Å². The minimum atomic E-state index is -0.159. The van der Waals surface area contributed by atoms with Crippen LogP contribution in [0.1, 0.15) is 20.8 Å². The molecule has 1 rings (SSSR count). The predicted octanol–water partition coefficient (Wildman–Crippen LogP) is 1.96. The summed E-state index contributed by atoms with van der Waals surface area (Å²) < 4.78 is 5.08. The molecule has 2 nitrogen and oxygen atoms in total. The first-order valence-corrected chi connectivity index (χ1v) is 4.71. The Balaban J connectivity index is 2.69. The van der Waals surface area contributed by atoms with Crippen molar-refractivity contribution in [1.82, 2.24) is 0 Å². The topological polar surface area (TPSA) is 26.3 Å². The minimum Gasteiger partial charge on any atom is -0.443 e. The lowest BCUT2D eigenvalue weighted by atomic mass is 10.2. The molecule has 0 aromatic heterocycles. The maximum atomic E-state index is 11.0. The quantitative estimate of drug-likeness (QED) is 0.596. The van der Waals surface area contributed by atoms with E-state index in [1.165, 1.54) is 0 Å². The van der Waals surface area contributed by atoms with Gasteiger partial charge in [0.05, 0.1) is 0 Å². The van der Waals surface area contributed by atoms with Crippen LogP contribution in [0.5, 0.6) is 0 Å². The van der Waals surface area contributed by atoms with Gasteiger partial charge in [0.2, 0.25) is 0 Å². The Bertz CT molecular complexity index is 208. The molecule has 1 atom stereocenters. The molecule has 0 aromatic rings. The molecule has 0 saturated carbocycles. The molecule has 62 valence electrons. The SMILES string of the molecule is CCSC1OC(=O)C(C)=C1C. The monoisotopic (exact) mass is 172 g/mol. The van der Waals surface area contributed by atoms with Crippen molar-refractivity contribution >= 4 is 17.7 Å². The lowest BCUT2D eigenvalue weighted by molar-refractivity contribution is -0.136. The molecular weight excluding hydrogens is 160 g/mol. The summed E-state index contributed by atoms with van der Waals surface area (Å²) in [5.41, 5.74) is 1.82. The third kappa shape index (κ3) is 1.59. The van der Waals surface area contributed by atoms with Crippen molar-refractivity contribution in [1.29, 1.82) is 0 Å². The molecule has 0 spiro atoms. The number of ether oxygens (including phenoxy) is 1.